The number of amides is 2. The number of anilines is 1. The molecule has 1 saturated carbocycles. The van der Waals surface area contributed by atoms with Gasteiger partial charge in [0.05, 0.1) is 5.75 Å². The maximum absolute atomic E-state index is 12.7. The number of nitrogens with one attached hydrogen (secondary N) is 2. The zero-order valence-electron chi connectivity index (χ0n) is 16.7. The van der Waals surface area contributed by atoms with E-state index in [1.54, 1.807) is 35.2 Å². The highest BCUT2D eigenvalue weighted by molar-refractivity contribution is 7.99. The highest BCUT2D eigenvalue weighted by Gasteiger charge is 2.44. The van der Waals surface area contributed by atoms with Crippen LogP contribution < -0.4 is 10.6 Å². The molecule has 1 fully saturated rings. The molecular weight excluding hydrogens is 398 g/mol. The zero-order chi connectivity index (χ0) is 21.0. The third kappa shape index (κ3) is 4.71. The molecule has 154 valence electrons. The second kappa shape index (κ2) is 8.71. The molecule has 2 aromatic carbocycles. The molecular formula is C22H23N5O2S. The van der Waals surface area contributed by atoms with Crippen molar-refractivity contribution in [1.82, 2.24) is 20.1 Å². The third-order valence-electron chi connectivity index (χ3n) is 5.24. The molecule has 2 N–H and O–H groups in total. The van der Waals surface area contributed by atoms with E-state index in [0.29, 0.717) is 23.0 Å². The Morgan fingerprint density at radius 3 is 2.63 bits per heavy atom. The molecule has 1 aliphatic carbocycles. The predicted molar refractivity (Wildman–Crippen MR) is 116 cm³/mol. The quantitative estimate of drug-likeness (QED) is 0.546. The lowest BCUT2D eigenvalue weighted by atomic mass is 9.96. The van der Waals surface area contributed by atoms with Crippen LogP contribution in [0.4, 0.5) is 5.69 Å². The summed E-state index contributed by atoms with van der Waals surface area (Å²) >= 11 is 1.31. The van der Waals surface area contributed by atoms with Crippen molar-refractivity contribution < 1.29 is 9.59 Å². The van der Waals surface area contributed by atoms with E-state index in [-0.39, 0.29) is 23.0 Å². The second-order valence-electron chi connectivity index (χ2n) is 7.47. The van der Waals surface area contributed by atoms with Crippen LogP contribution in [0, 0.1) is 0 Å². The maximum atomic E-state index is 12.7. The Balaban J connectivity index is 1.32. The second-order valence-corrected chi connectivity index (χ2v) is 8.41. The molecule has 1 heterocycles. The van der Waals surface area contributed by atoms with Gasteiger partial charge in [-0.15, -0.1) is 10.2 Å². The Morgan fingerprint density at radius 2 is 1.93 bits per heavy atom. The van der Waals surface area contributed by atoms with E-state index >= 15 is 0 Å². The number of hydrogen-bond acceptors (Lipinski definition) is 5. The van der Waals surface area contributed by atoms with Gasteiger partial charge in [-0.2, -0.15) is 0 Å². The van der Waals surface area contributed by atoms with Gasteiger partial charge >= 0.3 is 0 Å². The van der Waals surface area contributed by atoms with Gasteiger partial charge in [0, 0.05) is 30.3 Å². The Morgan fingerprint density at radius 1 is 1.13 bits per heavy atom. The SMILES string of the molecule is Cn1cnnc1SCC(=O)Nc1cccc(C(=O)NCC2(c3ccccc3)CC2)c1. The minimum absolute atomic E-state index is 0.0554. The number of carbonyl (C=O) groups is 2. The Kier molecular flexibility index (Phi) is 5.85. The van der Waals surface area contributed by atoms with E-state index < -0.39 is 0 Å². The molecule has 4 rings (SSSR count). The monoisotopic (exact) mass is 421 g/mol. The van der Waals surface area contributed by atoms with Gasteiger partial charge in [0.25, 0.3) is 5.91 Å². The number of hydrogen-bond donors (Lipinski definition) is 2. The van der Waals surface area contributed by atoms with E-state index in [0.717, 1.165) is 12.8 Å². The standard InChI is InChI=1S/C22H23N5O2S/c1-27-15-24-26-21(27)30-13-19(28)25-18-9-5-6-16(12-18)20(29)23-14-22(10-11-22)17-7-3-2-4-8-17/h2-9,12,15H,10-11,13-14H2,1H3,(H,23,29)(H,25,28). The molecule has 0 radical (unpaired) electrons. The summed E-state index contributed by atoms with van der Waals surface area (Å²) < 4.78 is 1.75. The van der Waals surface area contributed by atoms with Gasteiger partial charge < -0.3 is 15.2 Å². The van der Waals surface area contributed by atoms with E-state index in [1.807, 2.05) is 25.2 Å². The minimum Gasteiger partial charge on any atom is -0.351 e. The van der Waals surface area contributed by atoms with Gasteiger partial charge in [0.15, 0.2) is 5.16 Å². The molecule has 2 amide bonds. The Hall–Kier alpha value is -3.13. The van der Waals surface area contributed by atoms with Crippen molar-refractivity contribution in [3.8, 4) is 0 Å². The zero-order valence-corrected chi connectivity index (χ0v) is 17.5. The van der Waals surface area contributed by atoms with Crippen LogP contribution in [0.5, 0.6) is 0 Å². The number of benzene rings is 2. The fourth-order valence-corrected chi connectivity index (χ4v) is 4.02. The van der Waals surface area contributed by atoms with Crippen LogP contribution in [-0.2, 0) is 17.3 Å². The van der Waals surface area contributed by atoms with Gasteiger partial charge in [0.2, 0.25) is 5.91 Å². The van der Waals surface area contributed by atoms with Crippen molar-refractivity contribution >= 4 is 29.3 Å². The Bertz CT molecular complexity index is 1050. The van der Waals surface area contributed by atoms with Gasteiger partial charge in [-0.3, -0.25) is 9.59 Å². The van der Waals surface area contributed by atoms with Gasteiger partial charge in [-0.1, -0.05) is 48.2 Å². The van der Waals surface area contributed by atoms with Gasteiger partial charge in [-0.05, 0) is 36.6 Å². The average Bonchev–Trinajstić information content (AvgIpc) is 3.46. The van der Waals surface area contributed by atoms with Gasteiger partial charge in [-0.25, -0.2) is 0 Å². The van der Waals surface area contributed by atoms with Crippen LogP contribution in [0.15, 0.2) is 66.1 Å². The molecule has 8 heteroatoms. The summed E-state index contributed by atoms with van der Waals surface area (Å²) in [7, 11) is 1.83. The maximum Gasteiger partial charge on any atom is 0.251 e. The normalized spacial score (nSPS) is 14.2. The molecule has 0 saturated heterocycles. The largest absolute Gasteiger partial charge is 0.351 e. The summed E-state index contributed by atoms with van der Waals surface area (Å²) in [4.78, 5) is 24.9. The lowest BCUT2D eigenvalue weighted by Crippen LogP contribution is -2.32. The van der Waals surface area contributed by atoms with Crippen molar-refractivity contribution in [3.05, 3.63) is 72.1 Å². The fraction of sp³-hybridized carbons (Fsp3) is 0.273. The van der Waals surface area contributed by atoms with Crippen molar-refractivity contribution in [1.29, 1.82) is 0 Å². The number of aromatic nitrogens is 3. The molecule has 0 aliphatic heterocycles. The average molecular weight is 422 g/mol. The fourth-order valence-electron chi connectivity index (χ4n) is 3.33. The van der Waals surface area contributed by atoms with E-state index in [2.05, 4.69) is 33.0 Å². The topological polar surface area (TPSA) is 88.9 Å². The van der Waals surface area contributed by atoms with E-state index in [4.69, 9.17) is 0 Å². The molecule has 7 nitrogen and oxygen atoms in total. The number of aryl methyl sites for hydroxylation is 1. The molecule has 0 unspecified atom stereocenters. The number of rotatable bonds is 8. The summed E-state index contributed by atoms with van der Waals surface area (Å²) in [6.07, 6.45) is 3.75. The molecule has 1 aromatic heterocycles. The van der Waals surface area contributed by atoms with Crippen molar-refractivity contribution in [2.24, 2.45) is 7.05 Å². The molecule has 3 aromatic rings. The van der Waals surface area contributed by atoms with E-state index in [1.165, 1.54) is 17.3 Å². The first-order chi connectivity index (χ1) is 14.6. The summed E-state index contributed by atoms with van der Waals surface area (Å²) in [5.74, 6) is -0.0916. The third-order valence-corrected chi connectivity index (χ3v) is 6.27. The van der Waals surface area contributed by atoms with Crippen LogP contribution in [0.1, 0.15) is 28.8 Å². The Labute approximate surface area is 179 Å². The number of nitrogens with zero attached hydrogens (tertiary/aromatic N) is 3. The van der Waals surface area contributed by atoms with Crippen LogP contribution in [-0.4, -0.2) is 38.9 Å². The predicted octanol–water partition coefficient (Wildman–Crippen LogP) is 3.01. The molecule has 0 bridgehead atoms. The lowest BCUT2D eigenvalue weighted by molar-refractivity contribution is -0.113. The first kappa shape index (κ1) is 20.2. The molecule has 30 heavy (non-hydrogen) atoms. The van der Waals surface area contributed by atoms with E-state index in [9.17, 15) is 9.59 Å². The molecule has 0 spiro atoms. The smallest absolute Gasteiger partial charge is 0.251 e. The summed E-state index contributed by atoms with van der Waals surface area (Å²) in [6.45, 7) is 0.612. The lowest BCUT2D eigenvalue weighted by Gasteiger charge is -2.17. The summed E-state index contributed by atoms with van der Waals surface area (Å²) in [5, 5.41) is 14.3. The van der Waals surface area contributed by atoms with Crippen LogP contribution in [0.25, 0.3) is 0 Å². The van der Waals surface area contributed by atoms with Crippen molar-refractivity contribution in [2.75, 3.05) is 17.6 Å². The van der Waals surface area contributed by atoms with Crippen molar-refractivity contribution in [3.63, 3.8) is 0 Å². The first-order valence-corrected chi connectivity index (χ1v) is 10.7. The van der Waals surface area contributed by atoms with Gasteiger partial charge in [0.1, 0.15) is 6.33 Å². The summed E-state index contributed by atoms with van der Waals surface area (Å²) in [6, 6.07) is 17.3. The molecule has 1 aliphatic rings. The van der Waals surface area contributed by atoms with Crippen molar-refractivity contribution in [2.45, 2.75) is 23.4 Å². The highest BCUT2D eigenvalue weighted by Crippen LogP contribution is 2.47. The number of thioether (sulfide) groups is 1. The molecule has 0 atom stereocenters. The van der Waals surface area contributed by atoms with Crippen LogP contribution >= 0.6 is 11.8 Å². The van der Waals surface area contributed by atoms with Crippen LogP contribution in [0.2, 0.25) is 0 Å². The minimum atomic E-state index is -0.165. The first-order valence-electron chi connectivity index (χ1n) is 9.76. The summed E-state index contributed by atoms with van der Waals surface area (Å²) in [5.41, 5.74) is 2.44. The number of carbonyl (C=O) groups excluding carboxylic acids is 2. The van der Waals surface area contributed by atoms with Crippen LogP contribution in [0.3, 0.4) is 0 Å². The highest BCUT2D eigenvalue weighted by atomic mass is 32.2.